The number of halogens is 1. The first-order valence-corrected chi connectivity index (χ1v) is 7.11. The van der Waals surface area contributed by atoms with E-state index in [-0.39, 0.29) is 11.9 Å². The molecule has 2 heterocycles. The minimum Gasteiger partial charge on any atom is -0.338 e. The lowest BCUT2D eigenvalue weighted by Gasteiger charge is -2.09. The molecule has 5 heteroatoms. The zero-order chi connectivity index (χ0) is 13.8. The molecule has 0 bridgehead atoms. The summed E-state index contributed by atoms with van der Waals surface area (Å²) in [4.78, 5) is 4.46. The fourth-order valence-corrected chi connectivity index (χ4v) is 2.51. The Morgan fingerprint density at radius 1 is 1.20 bits per heavy atom. The predicted octanol–water partition coefficient (Wildman–Crippen LogP) is 3.00. The highest BCUT2D eigenvalue weighted by Gasteiger charge is 2.20. The Labute approximate surface area is 117 Å². The second-order valence-electron chi connectivity index (χ2n) is 5.21. The van der Waals surface area contributed by atoms with E-state index < -0.39 is 0 Å². The quantitative estimate of drug-likeness (QED) is 0.935. The highest BCUT2D eigenvalue weighted by Crippen LogP contribution is 2.21. The monoisotopic (exact) mass is 275 g/mol. The molecular formula is C15H18FN3O. The molecule has 1 saturated heterocycles. The van der Waals surface area contributed by atoms with Crippen molar-refractivity contribution >= 4 is 0 Å². The fraction of sp³-hybridized carbons (Fsp3) is 0.467. The van der Waals surface area contributed by atoms with Gasteiger partial charge in [-0.05, 0) is 37.1 Å². The Balaban J connectivity index is 1.68. The van der Waals surface area contributed by atoms with Gasteiger partial charge in [-0.2, -0.15) is 4.98 Å². The van der Waals surface area contributed by atoms with Crippen molar-refractivity contribution in [2.45, 2.75) is 38.1 Å². The number of hydrogen-bond acceptors (Lipinski definition) is 4. The summed E-state index contributed by atoms with van der Waals surface area (Å²) in [6, 6.07) is 6.56. The third-order valence-corrected chi connectivity index (χ3v) is 3.62. The number of aromatic nitrogens is 2. The SMILES string of the molecule is Fc1ccc(Cc2noc(C3CCCCCN3)n2)cc1. The molecule has 0 spiro atoms. The first-order chi connectivity index (χ1) is 9.81. The molecule has 1 aromatic carbocycles. The summed E-state index contributed by atoms with van der Waals surface area (Å²) in [5.41, 5.74) is 0.979. The number of hydrogen-bond donors (Lipinski definition) is 1. The van der Waals surface area contributed by atoms with Gasteiger partial charge < -0.3 is 9.84 Å². The van der Waals surface area contributed by atoms with Crippen molar-refractivity contribution in [1.29, 1.82) is 0 Å². The van der Waals surface area contributed by atoms with Crippen molar-refractivity contribution in [3.63, 3.8) is 0 Å². The van der Waals surface area contributed by atoms with Crippen LogP contribution in [-0.2, 0) is 6.42 Å². The lowest BCUT2D eigenvalue weighted by molar-refractivity contribution is 0.325. The molecule has 1 aliphatic rings. The summed E-state index contributed by atoms with van der Waals surface area (Å²) in [6.45, 7) is 1.00. The van der Waals surface area contributed by atoms with E-state index in [1.807, 2.05) is 0 Å². The normalized spacial score (nSPS) is 19.8. The van der Waals surface area contributed by atoms with Crippen molar-refractivity contribution in [3.05, 3.63) is 47.4 Å². The maximum absolute atomic E-state index is 12.9. The van der Waals surface area contributed by atoms with Crippen LogP contribution in [0.5, 0.6) is 0 Å². The van der Waals surface area contributed by atoms with E-state index in [0.717, 1.165) is 18.5 Å². The molecule has 1 unspecified atom stereocenters. The molecule has 1 aromatic heterocycles. The summed E-state index contributed by atoms with van der Waals surface area (Å²) in [5.74, 6) is 1.09. The Morgan fingerprint density at radius 3 is 2.90 bits per heavy atom. The van der Waals surface area contributed by atoms with E-state index in [4.69, 9.17) is 4.52 Å². The van der Waals surface area contributed by atoms with Crippen LogP contribution in [0.15, 0.2) is 28.8 Å². The van der Waals surface area contributed by atoms with E-state index in [0.29, 0.717) is 18.1 Å². The first kappa shape index (κ1) is 13.2. The number of nitrogens with one attached hydrogen (secondary N) is 1. The molecule has 20 heavy (non-hydrogen) atoms. The lowest BCUT2D eigenvalue weighted by atomic mass is 10.1. The van der Waals surface area contributed by atoms with Crippen molar-refractivity contribution in [2.75, 3.05) is 6.54 Å². The molecule has 2 aromatic rings. The van der Waals surface area contributed by atoms with E-state index in [9.17, 15) is 4.39 Å². The van der Waals surface area contributed by atoms with Gasteiger partial charge in [0, 0.05) is 6.42 Å². The fourth-order valence-electron chi connectivity index (χ4n) is 2.51. The largest absolute Gasteiger partial charge is 0.338 e. The number of rotatable bonds is 3. The van der Waals surface area contributed by atoms with Crippen LogP contribution in [0, 0.1) is 5.82 Å². The van der Waals surface area contributed by atoms with Gasteiger partial charge in [0.1, 0.15) is 5.82 Å². The van der Waals surface area contributed by atoms with Crippen LogP contribution in [0.4, 0.5) is 4.39 Å². The minimum absolute atomic E-state index is 0.173. The molecule has 106 valence electrons. The summed E-state index contributed by atoms with van der Waals surface area (Å²) in [6.07, 6.45) is 5.25. The number of benzene rings is 1. The Kier molecular flexibility index (Phi) is 4.06. The van der Waals surface area contributed by atoms with Gasteiger partial charge in [0.15, 0.2) is 5.82 Å². The van der Waals surface area contributed by atoms with Gasteiger partial charge in [0.2, 0.25) is 5.89 Å². The van der Waals surface area contributed by atoms with Crippen molar-refractivity contribution in [3.8, 4) is 0 Å². The Bertz CT molecular complexity index is 545. The van der Waals surface area contributed by atoms with Gasteiger partial charge in [-0.15, -0.1) is 0 Å². The van der Waals surface area contributed by atoms with Crippen molar-refractivity contribution in [2.24, 2.45) is 0 Å². The van der Waals surface area contributed by atoms with Gasteiger partial charge in [-0.25, -0.2) is 4.39 Å². The predicted molar refractivity (Wildman–Crippen MR) is 72.7 cm³/mol. The Morgan fingerprint density at radius 2 is 2.05 bits per heavy atom. The van der Waals surface area contributed by atoms with Crippen molar-refractivity contribution < 1.29 is 8.91 Å². The average Bonchev–Trinajstić information content (AvgIpc) is 2.74. The maximum atomic E-state index is 12.9. The summed E-state index contributed by atoms with van der Waals surface area (Å²) in [5, 5.41) is 7.46. The van der Waals surface area contributed by atoms with Crippen LogP contribution < -0.4 is 5.32 Å². The average molecular weight is 275 g/mol. The lowest BCUT2D eigenvalue weighted by Crippen LogP contribution is -2.20. The van der Waals surface area contributed by atoms with Gasteiger partial charge in [-0.3, -0.25) is 0 Å². The second-order valence-corrected chi connectivity index (χ2v) is 5.21. The van der Waals surface area contributed by atoms with E-state index in [2.05, 4.69) is 15.5 Å². The zero-order valence-corrected chi connectivity index (χ0v) is 11.3. The molecule has 1 fully saturated rings. The second kappa shape index (κ2) is 6.13. The van der Waals surface area contributed by atoms with E-state index >= 15 is 0 Å². The van der Waals surface area contributed by atoms with E-state index in [1.165, 1.54) is 31.4 Å². The van der Waals surface area contributed by atoms with Gasteiger partial charge in [0.25, 0.3) is 0 Å². The first-order valence-electron chi connectivity index (χ1n) is 7.11. The molecule has 0 radical (unpaired) electrons. The van der Waals surface area contributed by atoms with Gasteiger partial charge in [0.05, 0.1) is 6.04 Å². The maximum Gasteiger partial charge on any atom is 0.243 e. The third kappa shape index (κ3) is 3.22. The molecule has 1 aliphatic heterocycles. The summed E-state index contributed by atoms with van der Waals surface area (Å²) in [7, 11) is 0. The molecule has 0 amide bonds. The molecule has 0 saturated carbocycles. The molecule has 0 aliphatic carbocycles. The summed E-state index contributed by atoms with van der Waals surface area (Å²) >= 11 is 0. The van der Waals surface area contributed by atoms with Crippen LogP contribution in [0.1, 0.15) is 49.0 Å². The molecule has 1 atom stereocenters. The molecular weight excluding hydrogens is 257 g/mol. The van der Waals surface area contributed by atoms with Crippen LogP contribution in [0.25, 0.3) is 0 Å². The highest BCUT2D eigenvalue weighted by atomic mass is 19.1. The van der Waals surface area contributed by atoms with Crippen LogP contribution in [-0.4, -0.2) is 16.7 Å². The standard InChI is InChI=1S/C15H18FN3O/c16-12-7-5-11(6-8-12)10-14-18-15(20-19-14)13-4-2-1-3-9-17-13/h5-8,13,17H,1-4,9-10H2. The highest BCUT2D eigenvalue weighted by molar-refractivity contribution is 5.19. The molecule has 3 rings (SSSR count). The number of nitrogens with zero attached hydrogens (tertiary/aromatic N) is 2. The molecule has 4 nitrogen and oxygen atoms in total. The van der Waals surface area contributed by atoms with Crippen molar-refractivity contribution in [1.82, 2.24) is 15.5 Å². The van der Waals surface area contributed by atoms with E-state index in [1.54, 1.807) is 12.1 Å². The summed E-state index contributed by atoms with van der Waals surface area (Å²) < 4.78 is 18.2. The zero-order valence-electron chi connectivity index (χ0n) is 11.3. The van der Waals surface area contributed by atoms with Crippen LogP contribution >= 0.6 is 0 Å². The van der Waals surface area contributed by atoms with Crippen LogP contribution in [0.3, 0.4) is 0 Å². The smallest absolute Gasteiger partial charge is 0.243 e. The third-order valence-electron chi connectivity index (χ3n) is 3.62. The molecule has 1 N–H and O–H groups in total. The van der Waals surface area contributed by atoms with Gasteiger partial charge in [-0.1, -0.05) is 30.1 Å². The van der Waals surface area contributed by atoms with Crippen LogP contribution in [0.2, 0.25) is 0 Å². The Hall–Kier alpha value is -1.75. The topological polar surface area (TPSA) is 51.0 Å². The van der Waals surface area contributed by atoms with Gasteiger partial charge >= 0.3 is 0 Å². The minimum atomic E-state index is -0.231.